The molecular weight excluding hydrogens is 230 g/mol. The number of rotatable bonds is 5. The number of ether oxygens (including phenoxy) is 1. The molecule has 0 aliphatic carbocycles. The van der Waals surface area contributed by atoms with Crippen molar-refractivity contribution >= 4 is 5.82 Å². The van der Waals surface area contributed by atoms with E-state index in [1.54, 1.807) is 10.9 Å². The van der Waals surface area contributed by atoms with Crippen LogP contribution in [0.3, 0.4) is 0 Å². The SMILES string of the molecule is CCc1c(NC)ncnc1Oc1cnn(CC)c1. The Morgan fingerprint density at radius 1 is 1.33 bits per heavy atom. The maximum Gasteiger partial charge on any atom is 0.227 e. The van der Waals surface area contributed by atoms with Crippen LogP contribution in [-0.2, 0) is 13.0 Å². The van der Waals surface area contributed by atoms with Crippen molar-refractivity contribution in [2.75, 3.05) is 12.4 Å². The van der Waals surface area contributed by atoms with Crippen LogP contribution in [0.4, 0.5) is 5.82 Å². The zero-order valence-corrected chi connectivity index (χ0v) is 10.8. The molecule has 0 saturated heterocycles. The van der Waals surface area contributed by atoms with Gasteiger partial charge in [0.1, 0.15) is 12.1 Å². The van der Waals surface area contributed by atoms with Crippen molar-refractivity contribution in [3.63, 3.8) is 0 Å². The van der Waals surface area contributed by atoms with E-state index in [1.807, 2.05) is 27.1 Å². The lowest BCUT2D eigenvalue weighted by molar-refractivity contribution is 0.454. The molecule has 0 unspecified atom stereocenters. The van der Waals surface area contributed by atoms with Gasteiger partial charge < -0.3 is 10.1 Å². The second kappa shape index (κ2) is 5.48. The van der Waals surface area contributed by atoms with E-state index in [1.165, 1.54) is 6.33 Å². The fraction of sp³-hybridized carbons (Fsp3) is 0.417. The van der Waals surface area contributed by atoms with Gasteiger partial charge in [-0.3, -0.25) is 4.68 Å². The first kappa shape index (κ1) is 12.3. The summed E-state index contributed by atoms with van der Waals surface area (Å²) in [6, 6.07) is 0. The summed E-state index contributed by atoms with van der Waals surface area (Å²) >= 11 is 0. The van der Waals surface area contributed by atoms with Crippen LogP contribution in [-0.4, -0.2) is 26.8 Å². The van der Waals surface area contributed by atoms with Gasteiger partial charge in [-0.15, -0.1) is 0 Å². The Hall–Kier alpha value is -2.11. The normalized spacial score (nSPS) is 10.4. The molecule has 0 spiro atoms. The summed E-state index contributed by atoms with van der Waals surface area (Å²) in [6.07, 6.45) is 5.82. The molecule has 2 aromatic rings. The fourth-order valence-corrected chi connectivity index (χ4v) is 1.70. The van der Waals surface area contributed by atoms with Crippen molar-refractivity contribution < 1.29 is 4.74 Å². The van der Waals surface area contributed by atoms with Gasteiger partial charge in [-0.05, 0) is 13.3 Å². The molecule has 0 aliphatic heterocycles. The van der Waals surface area contributed by atoms with Crippen molar-refractivity contribution in [3.8, 4) is 11.6 Å². The molecule has 0 aliphatic rings. The summed E-state index contributed by atoms with van der Waals surface area (Å²) in [4.78, 5) is 8.35. The molecule has 0 atom stereocenters. The summed E-state index contributed by atoms with van der Waals surface area (Å²) in [5.41, 5.74) is 0.962. The number of hydrogen-bond acceptors (Lipinski definition) is 5. The van der Waals surface area contributed by atoms with Crippen LogP contribution in [0.25, 0.3) is 0 Å². The standard InChI is InChI=1S/C12H17N5O/c1-4-10-11(13-3)14-8-15-12(10)18-9-6-16-17(5-2)7-9/h6-8H,4-5H2,1-3H3,(H,13,14,15). The van der Waals surface area contributed by atoms with Crippen molar-refractivity contribution in [3.05, 3.63) is 24.3 Å². The van der Waals surface area contributed by atoms with Crippen molar-refractivity contribution in [2.24, 2.45) is 0 Å². The summed E-state index contributed by atoms with van der Waals surface area (Å²) < 4.78 is 7.56. The van der Waals surface area contributed by atoms with Gasteiger partial charge in [0, 0.05) is 13.6 Å². The largest absolute Gasteiger partial charge is 0.435 e. The second-order valence-electron chi connectivity index (χ2n) is 3.74. The molecule has 6 heteroatoms. The van der Waals surface area contributed by atoms with Gasteiger partial charge in [0.05, 0.1) is 18.0 Å². The monoisotopic (exact) mass is 247 g/mol. The van der Waals surface area contributed by atoms with E-state index < -0.39 is 0 Å². The number of nitrogens with one attached hydrogen (secondary N) is 1. The Morgan fingerprint density at radius 2 is 2.17 bits per heavy atom. The van der Waals surface area contributed by atoms with Crippen LogP contribution in [0.5, 0.6) is 11.6 Å². The molecule has 2 aromatic heterocycles. The molecule has 0 aromatic carbocycles. The molecule has 2 rings (SSSR count). The van der Waals surface area contributed by atoms with Crippen LogP contribution < -0.4 is 10.1 Å². The summed E-state index contributed by atoms with van der Waals surface area (Å²) in [7, 11) is 1.83. The molecule has 0 saturated carbocycles. The van der Waals surface area contributed by atoms with Crippen LogP contribution in [0.15, 0.2) is 18.7 Å². The lowest BCUT2D eigenvalue weighted by Gasteiger charge is -2.10. The third kappa shape index (κ3) is 2.42. The number of aryl methyl sites for hydroxylation is 1. The molecule has 18 heavy (non-hydrogen) atoms. The van der Waals surface area contributed by atoms with E-state index in [0.29, 0.717) is 11.6 Å². The van der Waals surface area contributed by atoms with Crippen molar-refractivity contribution in [1.29, 1.82) is 0 Å². The number of hydrogen-bond donors (Lipinski definition) is 1. The molecule has 2 heterocycles. The Morgan fingerprint density at radius 3 is 2.78 bits per heavy atom. The second-order valence-corrected chi connectivity index (χ2v) is 3.74. The lowest BCUT2D eigenvalue weighted by Crippen LogP contribution is -2.02. The van der Waals surface area contributed by atoms with Gasteiger partial charge in [-0.25, -0.2) is 9.97 Å². The smallest absolute Gasteiger partial charge is 0.227 e. The van der Waals surface area contributed by atoms with E-state index in [9.17, 15) is 0 Å². The van der Waals surface area contributed by atoms with Gasteiger partial charge in [0.25, 0.3) is 0 Å². The molecule has 0 amide bonds. The number of aromatic nitrogens is 4. The minimum Gasteiger partial charge on any atom is -0.435 e. The van der Waals surface area contributed by atoms with Crippen LogP contribution in [0, 0.1) is 0 Å². The van der Waals surface area contributed by atoms with E-state index in [2.05, 4.69) is 20.4 Å². The average Bonchev–Trinajstić information content (AvgIpc) is 2.86. The van der Waals surface area contributed by atoms with Gasteiger partial charge in [0.2, 0.25) is 5.88 Å². The van der Waals surface area contributed by atoms with Crippen LogP contribution in [0.2, 0.25) is 0 Å². The van der Waals surface area contributed by atoms with Gasteiger partial charge in [-0.1, -0.05) is 6.92 Å². The minimum absolute atomic E-state index is 0.576. The molecule has 0 fully saturated rings. The van der Waals surface area contributed by atoms with Crippen molar-refractivity contribution in [2.45, 2.75) is 26.8 Å². The Labute approximate surface area is 106 Å². The average molecular weight is 247 g/mol. The highest BCUT2D eigenvalue weighted by atomic mass is 16.5. The quantitative estimate of drug-likeness (QED) is 0.876. The highest BCUT2D eigenvalue weighted by Gasteiger charge is 2.11. The maximum atomic E-state index is 5.75. The van der Waals surface area contributed by atoms with E-state index in [-0.39, 0.29) is 0 Å². The lowest BCUT2D eigenvalue weighted by atomic mass is 10.2. The Balaban J connectivity index is 2.28. The van der Waals surface area contributed by atoms with Crippen LogP contribution in [0.1, 0.15) is 19.4 Å². The van der Waals surface area contributed by atoms with Gasteiger partial charge in [0.15, 0.2) is 5.75 Å². The third-order valence-electron chi connectivity index (χ3n) is 2.64. The maximum absolute atomic E-state index is 5.75. The summed E-state index contributed by atoms with van der Waals surface area (Å²) in [6.45, 7) is 4.88. The highest BCUT2D eigenvalue weighted by Crippen LogP contribution is 2.26. The number of anilines is 1. The molecule has 6 nitrogen and oxygen atoms in total. The topological polar surface area (TPSA) is 64.9 Å². The Kier molecular flexibility index (Phi) is 3.76. The molecule has 0 bridgehead atoms. The molecular formula is C12H17N5O. The first-order valence-corrected chi connectivity index (χ1v) is 6.00. The summed E-state index contributed by atoms with van der Waals surface area (Å²) in [5, 5.41) is 7.20. The summed E-state index contributed by atoms with van der Waals surface area (Å²) in [5.74, 6) is 2.06. The highest BCUT2D eigenvalue weighted by molar-refractivity contribution is 5.49. The third-order valence-corrected chi connectivity index (χ3v) is 2.64. The zero-order chi connectivity index (χ0) is 13.0. The Bertz CT molecular complexity index is 523. The van der Waals surface area contributed by atoms with E-state index in [4.69, 9.17) is 4.74 Å². The predicted octanol–water partition coefficient (Wildman–Crippen LogP) is 2.09. The fourth-order valence-electron chi connectivity index (χ4n) is 1.70. The zero-order valence-electron chi connectivity index (χ0n) is 10.8. The first-order chi connectivity index (χ1) is 8.78. The first-order valence-electron chi connectivity index (χ1n) is 6.00. The predicted molar refractivity (Wildman–Crippen MR) is 68.9 cm³/mol. The molecule has 0 radical (unpaired) electrons. The van der Waals surface area contributed by atoms with Gasteiger partial charge in [-0.2, -0.15) is 5.10 Å². The minimum atomic E-state index is 0.576. The number of nitrogens with zero attached hydrogens (tertiary/aromatic N) is 4. The molecule has 1 N–H and O–H groups in total. The van der Waals surface area contributed by atoms with Crippen molar-refractivity contribution in [1.82, 2.24) is 19.7 Å². The van der Waals surface area contributed by atoms with E-state index >= 15 is 0 Å². The van der Waals surface area contributed by atoms with Gasteiger partial charge >= 0.3 is 0 Å². The molecule has 96 valence electrons. The van der Waals surface area contributed by atoms with E-state index in [0.717, 1.165) is 24.3 Å². The van der Waals surface area contributed by atoms with Crippen LogP contribution >= 0.6 is 0 Å².